The van der Waals surface area contributed by atoms with Crippen LogP contribution in [0.3, 0.4) is 0 Å². The number of thioether (sulfide) groups is 1. The van der Waals surface area contributed by atoms with Crippen LogP contribution in [0.25, 0.3) is 0 Å². The topological polar surface area (TPSA) is 49.4 Å². The Kier molecular flexibility index (Phi) is 6.49. The summed E-state index contributed by atoms with van der Waals surface area (Å²) in [6.07, 6.45) is -2.72. The minimum absolute atomic E-state index is 0.0541. The minimum Gasteiger partial charge on any atom is -0.338 e. The van der Waals surface area contributed by atoms with Crippen molar-refractivity contribution in [1.29, 1.82) is 0 Å². The average molecular weight is 348 g/mol. The number of benzene rings is 1. The van der Waals surface area contributed by atoms with Gasteiger partial charge in [0.1, 0.15) is 0 Å². The van der Waals surface area contributed by atoms with Gasteiger partial charge in [0.2, 0.25) is 5.91 Å². The summed E-state index contributed by atoms with van der Waals surface area (Å²) < 4.78 is 39.0. The summed E-state index contributed by atoms with van der Waals surface area (Å²) in [5.41, 5.74) is -1.14. The Morgan fingerprint density at radius 3 is 2.39 bits per heavy atom. The van der Waals surface area contributed by atoms with E-state index in [4.69, 9.17) is 0 Å². The first-order chi connectivity index (χ1) is 10.6. The van der Waals surface area contributed by atoms with Gasteiger partial charge < -0.3 is 10.2 Å². The van der Waals surface area contributed by atoms with Crippen LogP contribution in [-0.2, 0) is 11.0 Å². The molecule has 0 fully saturated rings. The van der Waals surface area contributed by atoms with Crippen LogP contribution in [0.1, 0.15) is 29.8 Å². The summed E-state index contributed by atoms with van der Waals surface area (Å²) in [5, 5.41) is 2.29. The third kappa shape index (κ3) is 5.46. The van der Waals surface area contributed by atoms with Crippen molar-refractivity contribution in [3.05, 3.63) is 29.3 Å². The zero-order valence-electron chi connectivity index (χ0n) is 13.3. The molecule has 0 saturated carbocycles. The number of anilines is 1. The third-order valence-corrected chi connectivity index (χ3v) is 4.03. The predicted molar refractivity (Wildman–Crippen MR) is 85.7 cm³/mol. The number of hydrogen-bond donors (Lipinski definition) is 1. The second-order valence-electron chi connectivity index (χ2n) is 5.20. The number of carbonyl (C=O) groups excluding carboxylic acids is 2. The first kappa shape index (κ1) is 19.3. The molecule has 0 bridgehead atoms. The Morgan fingerprint density at radius 1 is 1.30 bits per heavy atom. The molecule has 128 valence electrons. The maximum Gasteiger partial charge on any atom is 0.416 e. The molecule has 0 aromatic heterocycles. The first-order valence-electron chi connectivity index (χ1n) is 6.82. The molecule has 0 aliphatic rings. The number of nitrogens with one attached hydrogen (secondary N) is 1. The maximum atomic E-state index is 13.0. The number of alkyl halides is 3. The summed E-state index contributed by atoms with van der Waals surface area (Å²) in [6.45, 7) is 3.01. The number of carbonyl (C=O) groups is 2. The van der Waals surface area contributed by atoms with Crippen LogP contribution in [-0.4, -0.2) is 41.8 Å². The molecule has 0 saturated heterocycles. The molecule has 23 heavy (non-hydrogen) atoms. The van der Waals surface area contributed by atoms with E-state index < -0.39 is 23.6 Å². The van der Waals surface area contributed by atoms with Gasteiger partial charge in [0.05, 0.1) is 5.56 Å². The quantitative estimate of drug-likeness (QED) is 0.886. The van der Waals surface area contributed by atoms with Gasteiger partial charge in [-0.2, -0.15) is 24.9 Å². The van der Waals surface area contributed by atoms with Crippen molar-refractivity contribution in [2.24, 2.45) is 0 Å². The summed E-state index contributed by atoms with van der Waals surface area (Å²) in [6, 6.07) is 2.73. The molecule has 1 aromatic rings. The van der Waals surface area contributed by atoms with Crippen molar-refractivity contribution in [3.63, 3.8) is 0 Å². The van der Waals surface area contributed by atoms with Crippen LogP contribution in [0, 0.1) is 0 Å². The van der Waals surface area contributed by atoms with E-state index in [0.29, 0.717) is 5.75 Å². The van der Waals surface area contributed by atoms with Gasteiger partial charge in [0, 0.05) is 37.0 Å². The lowest BCUT2D eigenvalue weighted by molar-refractivity contribution is -0.137. The Labute approximate surface area is 137 Å². The second kappa shape index (κ2) is 7.72. The Morgan fingerprint density at radius 2 is 1.91 bits per heavy atom. The first-order valence-corrected chi connectivity index (χ1v) is 8.21. The van der Waals surface area contributed by atoms with Crippen LogP contribution >= 0.6 is 11.8 Å². The van der Waals surface area contributed by atoms with Crippen molar-refractivity contribution < 1.29 is 22.8 Å². The van der Waals surface area contributed by atoms with Crippen LogP contribution < -0.4 is 5.32 Å². The molecule has 1 N–H and O–H groups in total. The lowest BCUT2D eigenvalue weighted by Gasteiger charge is -2.25. The summed E-state index contributed by atoms with van der Waals surface area (Å²) in [7, 11) is 1.54. The molecule has 0 aliphatic carbocycles. The number of halogens is 3. The van der Waals surface area contributed by atoms with Gasteiger partial charge in [-0.05, 0) is 31.4 Å². The predicted octanol–water partition coefficient (Wildman–Crippen LogP) is 3.49. The van der Waals surface area contributed by atoms with Crippen LogP contribution in [0.2, 0.25) is 0 Å². The molecule has 0 spiro atoms. The summed E-state index contributed by atoms with van der Waals surface area (Å²) in [5.74, 6) is -0.365. The standard InChI is InChI=1S/C15H19F3N2O2S/c1-9(8-23-4)20(3)14(22)11-5-12(15(16,17)18)7-13(6-11)19-10(2)21/h5-7,9H,8H2,1-4H3,(H,19,21). The largest absolute Gasteiger partial charge is 0.416 e. The van der Waals surface area contributed by atoms with Crippen molar-refractivity contribution in [1.82, 2.24) is 4.90 Å². The normalized spacial score (nSPS) is 12.7. The minimum atomic E-state index is -4.60. The van der Waals surface area contributed by atoms with E-state index in [2.05, 4.69) is 5.32 Å². The highest BCUT2D eigenvalue weighted by molar-refractivity contribution is 7.98. The van der Waals surface area contributed by atoms with Gasteiger partial charge in [-0.25, -0.2) is 0 Å². The highest BCUT2D eigenvalue weighted by Crippen LogP contribution is 2.32. The van der Waals surface area contributed by atoms with E-state index in [1.54, 1.807) is 7.05 Å². The second-order valence-corrected chi connectivity index (χ2v) is 6.11. The van der Waals surface area contributed by atoms with Crippen LogP contribution in [0.5, 0.6) is 0 Å². The highest BCUT2D eigenvalue weighted by Gasteiger charge is 2.32. The third-order valence-electron chi connectivity index (χ3n) is 3.22. The maximum absolute atomic E-state index is 13.0. The number of rotatable bonds is 5. The van der Waals surface area contributed by atoms with E-state index in [-0.39, 0.29) is 17.3 Å². The van der Waals surface area contributed by atoms with Gasteiger partial charge in [0.25, 0.3) is 5.91 Å². The van der Waals surface area contributed by atoms with E-state index >= 15 is 0 Å². The van der Waals surface area contributed by atoms with E-state index in [1.807, 2.05) is 13.2 Å². The molecule has 1 rings (SSSR count). The molecular weight excluding hydrogens is 329 g/mol. The molecule has 1 unspecified atom stereocenters. The molecule has 0 radical (unpaired) electrons. The Hall–Kier alpha value is -1.70. The highest BCUT2D eigenvalue weighted by atomic mass is 32.2. The SMILES string of the molecule is CSCC(C)N(C)C(=O)c1cc(NC(C)=O)cc(C(F)(F)F)c1. The molecule has 4 nitrogen and oxygen atoms in total. The van der Waals surface area contributed by atoms with Gasteiger partial charge in [-0.1, -0.05) is 0 Å². The molecule has 0 heterocycles. The molecule has 8 heteroatoms. The number of nitrogens with zero attached hydrogens (tertiary/aromatic N) is 1. The van der Waals surface area contributed by atoms with Gasteiger partial charge >= 0.3 is 6.18 Å². The van der Waals surface area contributed by atoms with E-state index in [1.165, 1.54) is 29.7 Å². The zero-order chi connectivity index (χ0) is 17.8. The summed E-state index contributed by atoms with van der Waals surface area (Å²) in [4.78, 5) is 24.9. The Balaban J connectivity index is 3.23. The van der Waals surface area contributed by atoms with Gasteiger partial charge in [0.15, 0.2) is 0 Å². The average Bonchev–Trinajstić information content (AvgIpc) is 2.44. The Bertz CT molecular complexity index is 591. The van der Waals surface area contributed by atoms with Crippen molar-refractivity contribution in [2.45, 2.75) is 26.1 Å². The smallest absolute Gasteiger partial charge is 0.338 e. The lowest BCUT2D eigenvalue weighted by Crippen LogP contribution is -2.36. The number of amides is 2. The lowest BCUT2D eigenvalue weighted by atomic mass is 10.1. The summed E-state index contributed by atoms with van der Waals surface area (Å²) >= 11 is 1.54. The molecule has 0 aliphatic heterocycles. The zero-order valence-corrected chi connectivity index (χ0v) is 14.1. The fourth-order valence-corrected chi connectivity index (χ4v) is 2.65. The monoisotopic (exact) mass is 348 g/mol. The molecule has 1 atom stereocenters. The molecule has 1 aromatic carbocycles. The van der Waals surface area contributed by atoms with Crippen molar-refractivity contribution in [3.8, 4) is 0 Å². The van der Waals surface area contributed by atoms with Gasteiger partial charge in [-0.15, -0.1) is 0 Å². The molecular formula is C15H19F3N2O2S. The fourth-order valence-electron chi connectivity index (χ4n) is 1.95. The number of hydrogen-bond acceptors (Lipinski definition) is 3. The van der Waals surface area contributed by atoms with Crippen molar-refractivity contribution >= 4 is 29.3 Å². The van der Waals surface area contributed by atoms with E-state index in [0.717, 1.165) is 12.1 Å². The van der Waals surface area contributed by atoms with E-state index in [9.17, 15) is 22.8 Å². The van der Waals surface area contributed by atoms with Crippen LogP contribution in [0.4, 0.5) is 18.9 Å². The molecule has 2 amide bonds. The van der Waals surface area contributed by atoms with Gasteiger partial charge in [-0.3, -0.25) is 9.59 Å². The fraction of sp³-hybridized carbons (Fsp3) is 0.467. The van der Waals surface area contributed by atoms with Crippen molar-refractivity contribution in [2.75, 3.05) is 24.4 Å². The van der Waals surface area contributed by atoms with Crippen LogP contribution in [0.15, 0.2) is 18.2 Å².